The third-order valence-electron chi connectivity index (χ3n) is 2.44. The molecule has 1 unspecified atom stereocenters. The van der Waals surface area contributed by atoms with Gasteiger partial charge in [0.1, 0.15) is 6.54 Å². The smallest absolute Gasteiger partial charge is 0.332 e. The second-order valence-electron chi connectivity index (χ2n) is 4.39. The molecule has 1 rings (SSSR count). The van der Waals surface area contributed by atoms with Crippen LogP contribution >= 0.6 is 0 Å². The highest BCUT2D eigenvalue weighted by Gasteiger charge is 2.37. The molecule has 0 saturated carbocycles. The van der Waals surface area contributed by atoms with E-state index in [4.69, 9.17) is 0 Å². The Labute approximate surface area is 93.0 Å². The molecule has 0 aromatic heterocycles. The Hall–Kier alpha value is -0.780. The quantitative estimate of drug-likeness (QED) is 0.808. The molecule has 0 aliphatic carbocycles. The van der Waals surface area contributed by atoms with Crippen molar-refractivity contribution in [3.05, 3.63) is 0 Å². The molecule has 0 radical (unpaired) electrons. The number of hydrogen-bond donors (Lipinski definition) is 1. The summed E-state index contributed by atoms with van der Waals surface area (Å²) in [5.41, 5.74) is 0. The Kier molecular flexibility index (Phi) is 4.18. The molecule has 16 heavy (non-hydrogen) atoms. The van der Waals surface area contributed by atoms with Crippen LogP contribution in [0.5, 0.6) is 0 Å². The number of carbonyl (C=O) groups is 1. The Morgan fingerprint density at radius 1 is 1.50 bits per heavy atom. The zero-order valence-electron chi connectivity index (χ0n) is 9.47. The molecular weight excluding hydrogens is 221 g/mol. The Morgan fingerprint density at radius 2 is 2.12 bits per heavy atom. The van der Waals surface area contributed by atoms with Crippen molar-refractivity contribution in [2.45, 2.75) is 44.9 Å². The van der Waals surface area contributed by atoms with Crippen molar-refractivity contribution in [3.63, 3.8) is 0 Å². The first-order valence-electron chi connectivity index (χ1n) is 5.41. The molecule has 1 heterocycles. The number of carbonyl (C=O) groups excluding carboxylic acids is 1. The molecule has 1 amide bonds. The average Bonchev–Trinajstić information content (AvgIpc) is 2.09. The molecule has 1 aliphatic rings. The fourth-order valence-electron chi connectivity index (χ4n) is 1.87. The van der Waals surface area contributed by atoms with Gasteiger partial charge in [-0.1, -0.05) is 13.8 Å². The Balaban J connectivity index is 2.57. The number of nitrogens with zero attached hydrogens (tertiary/aromatic N) is 1. The van der Waals surface area contributed by atoms with Crippen LogP contribution in [0.4, 0.5) is 13.2 Å². The summed E-state index contributed by atoms with van der Waals surface area (Å²) in [6.07, 6.45) is -3.08. The molecule has 1 saturated heterocycles. The van der Waals surface area contributed by atoms with Crippen LogP contribution in [0.25, 0.3) is 0 Å². The van der Waals surface area contributed by atoms with Gasteiger partial charge < -0.3 is 10.2 Å². The van der Waals surface area contributed by atoms with Gasteiger partial charge in [0.2, 0.25) is 5.91 Å². The summed E-state index contributed by atoms with van der Waals surface area (Å²) >= 11 is 0. The van der Waals surface area contributed by atoms with E-state index < -0.39 is 24.7 Å². The first-order valence-corrected chi connectivity index (χ1v) is 5.41. The molecule has 1 atom stereocenters. The fraction of sp³-hybridized carbons (Fsp3) is 0.900. The number of nitrogens with one attached hydrogen (secondary N) is 1. The van der Waals surface area contributed by atoms with Crippen molar-refractivity contribution in [2.24, 2.45) is 0 Å². The van der Waals surface area contributed by atoms with Gasteiger partial charge in [-0.25, -0.2) is 0 Å². The molecule has 1 N–H and O–H groups in total. The highest BCUT2D eigenvalue weighted by Crippen LogP contribution is 2.20. The van der Waals surface area contributed by atoms with Gasteiger partial charge in [-0.2, -0.15) is 13.2 Å². The van der Waals surface area contributed by atoms with E-state index in [2.05, 4.69) is 5.32 Å². The van der Waals surface area contributed by atoms with E-state index in [0.29, 0.717) is 12.8 Å². The number of alkyl halides is 3. The summed E-state index contributed by atoms with van der Waals surface area (Å²) < 4.78 is 36.6. The monoisotopic (exact) mass is 238 g/mol. The second-order valence-corrected chi connectivity index (χ2v) is 4.39. The minimum Gasteiger partial charge on any atom is -0.332 e. The minimum atomic E-state index is -4.31. The minimum absolute atomic E-state index is 0.0970. The first-order chi connectivity index (χ1) is 7.29. The maximum Gasteiger partial charge on any atom is 0.406 e. The van der Waals surface area contributed by atoms with Gasteiger partial charge in [0.25, 0.3) is 0 Å². The maximum atomic E-state index is 12.2. The standard InChI is InChI=1S/C10H17F3N2O/c1-7(2)14-8-4-3-5-15(9(8)16)6-10(11,12)13/h7-8,14H,3-6H2,1-2H3. The van der Waals surface area contributed by atoms with E-state index in [1.807, 2.05) is 13.8 Å². The van der Waals surface area contributed by atoms with Crippen LogP contribution in [-0.2, 0) is 4.79 Å². The summed E-state index contributed by atoms with van der Waals surface area (Å²) in [6, 6.07) is -0.365. The van der Waals surface area contributed by atoms with Crippen molar-refractivity contribution >= 4 is 5.91 Å². The van der Waals surface area contributed by atoms with Gasteiger partial charge in [0.15, 0.2) is 0 Å². The third-order valence-corrected chi connectivity index (χ3v) is 2.44. The predicted molar refractivity (Wildman–Crippen MR) is 53.9 cm³/mol. The van der Waals surface area contributed by atoms with E-state index in [1.54, 1.807) is 0 Å². The zero-order valence-corrected chi connectivity index (χ0v) is 9.47. The molecule has 0 aromatic rings. The van der Waals surface area contributed by atoms with E-state index >= 15 is 0 Å². The van der Waals surface area contributed by atoms with Crippen LogP contribution in [0.3, 0.4) is 0 Å². The lowest BCUT2D eigenvalue weighted by Gasteiger charge is -2.34. The van der Waals surface area contributed by atoms with Gasteiger partial charge in [-0.15, -0.1) is 0 Å². The second kappa shape index (κ2) is 5.03. The van der Waals surface area contributed by atoms with E-state index in [9.17, 15) is 18.0 Å². The lowest BCUT2D eigenvalue weighted by atomic mass is 10.0. The lowest BCUT2D eigenvalue weighted by Crippen LogP contribution is -2.54. The van der Waals surface area contributed by atoms with Crippen LogP contribution < -0.4 is 5.32 Å². The van der Waals surface area contributed by atoms with Crippen LogP contribution in [0, 0.1) is 0 Å². The van der Waals surface area contributed by atoms with Gasteiger partial charge in [0, 0.05) is 12.6 Å². The Bertz CT molecular complexity index is 253. The van der Waals surface area contributed by atoms with Crippen molar-refractivity contribution in [2.75, 3.05) is 13.1 Å². The number of halogens is 3. The highest BCUT2D eigenvalue weighted by atomic mass is 19.4. The number of piperidine rings is 1. The summed E-state index contributed by atoms with van der Waals surface area (Å²) in [4.78, 5) is 12.6. The SMILES string of the molecule is CC(C)NC1CCCN(CC(F)(F)F)C1=O. The van der Waals surface area contributed by atoms with Gasteiger partial charge in [-0.05, 0) is 12.8 Å². The van der Waals surface area contributed by atoms with E-state index in [0.717, 1.165) is 4.90 Å². The molecule has 1 aliphatic heterocycles. The average molecular weight is 238 g/mol. The molecule has 0 bridgehead atoms. The van der Waals surface area contributed by atoms with Crippen LogP contribution in [-0.4, -0.2) is 42.2 Å². The molecule has 6 heteroatoms. The lowest BCUT2D eigenvalue weighted by molar-refractivity contribution is -0.165. The highest BCUT2D eigenvalue weighted by molar-refractivity contribution is 5.82. The molecule has 94 valence electrons. The van der Waals surface area contributed by atoms with Gasteiger partial charge >= 0.3 is 6.18 Å². The number of rotatable bonds is 3. The summed E-state index contributed by atoms with van der Waals surface area (Å²) in [7, 11) is 0. The summed E-state index contributed by atoms with van der Waals surface area (Å²) in [5.74, 6) is -0.433. The third kappa shape index (κ3) is 4.00. The van der Waals surface area contributed by atoms with Gasteiger partial charge in [-0.3, -0.25) is 4.79 Å². The number of likely N-dealkylation sites (tertiary alicyclic amines) is 1. The molecule has 3 nitrogen and oxygen atoms in total. The van der Waals surface area contributed by atoms with Crippen LogP contribution in [0.1, 0.15) is 26.7 Å². The largest absolute Gasteiger partial charge is 0.406 e. The summed E-state index contributed by atoms with van der Waals surface area (Å²) in [6.45, 7) is 2.81. The molecule has 1 fully saturated rings. The Morgan fingerprint density at radius 3 is 2.62 bits per heavy atom. The number of hydrogen-bond acceptors (Lipinski definition) is 2. The molecule has 0 aromatic carbocycles. The van der Waals surface area contributed by atoms with Crippen LogP contribution in [0.2, 0.25) is 0 Å². The van der Waals surface area contributed by atoms with E-state index in [-0.39, 0.29) is 12.6 Å². The normalized spacial score (nSPS) is 23.0. The van der Waals surface area contributed by atoms with E-state index in [1.165, 1.54) is 0 Å². The predicted octanol–water partition coefficient (Wildman–Crippen LogP) is 1.54. The zero-order chi connectivity index (χ0) is 12.3. The topological polar surface area (TPSA) is 32.3 Å². The fourth-order valence-corrected chi connectivity index (χ4v) is 1.87. The van der Waals surface area contributed by atoms with Crippen molar-refractivity contribution < 1.29 is 18.0 Å². The number of amides is 1. The maximum absolute atomic E-state index is 12.2. The van der Waals surface area contributed by atoms with Crippen LogP contribution in [0.15, 0.2) is 0 Å². The van der Waals surface area contributed by atoms with Crippen molar-refractivity contribution in [1.29, 1.82) is 0 Å². The van der Waals surface area contributed by atoms with Crippen molar-refractivity contribution in [1.82, 2.24) is 10.2 Å². The van der Waals surface area contributed by atoms with Gasteiger partial charge in [0.05, 0.1) is 6.04 Å². The van der Waals surface area contributed by atoms with Crippen molar-refractivity contribution in [3.8, 4) is 0 Å². The molecule has 0 spiro atoms. The molecular formula is C10H17F3N2O. The first kappa shape index (κ1) is 13.3. The summed E-state index contributed by atoms with van der Waals surface area (Å²) in [5, 5.41) is 2.99.